The van der Waals surface area contributed by atoms with Gasteiger partial charge in [0.1, 0.15) is 0 Å². The quantitative estimate of drug-likeness (QED) is 0.888. The van der Waals surface area contributed by atoms with E-state index in [1.807, 2.05) is 23.0 Å². The van der Waals surface area contributed by atoms with Crippen LogP contribution in [0.5, 0.6) is 0 Å². The molecule has 1 saturated heterocycles. The van der Waals surface area contributed by atoms with Crippen molar-refractivity contribution in [3.05, 3.63) is 42.0 Å². The van der Waals surface area contributed by atoms with Gasteiger partial charge in [-0.1, -0.05) is 11.6 Å². The SMILES string of the molecule is c1cc(Cn2cc(C3CCCCN3)nn2)ccn1. The lowest BCUT2D eigenvalue weighted by molar-refractivity contribution is 0.405. The Morgan fingerprint density at radius 3 is 2.94 bits per heavy atom. The lowest BCUT2D eigenvalue weighted by Crippen LogP contribution is -2.27. The highest BCUT2D eigenvalue weighted by atomic mass is 15.4. The molecular weight excluding hydrogens is 226 g/mol. The van der Waals surface area contributed by atoms with E-state index < -0.39 is 0 Å². The van der Waals surface area contributed by atoms with Crippen LogP contribution in [-0.2, 0) is 6.54 Å². The largest absolute Gasteiger partial charge is 0.309 e. The summed E-state index contributed by atoms with van der Waals surface area (Å²) in [5.74, 6) is 0. The van der Waals surface area contributed by atoms with Crippen LogP contribution in [-0.4, -0.2) is 26.5 Å². The number of rotatable bonds is 3. The van der Waals surface area contributed by atoms with Crippen LogP contribution < -0.4 is 5.32 Å². The third-order valence-electron chi connectivity index (χ3n) is 3.32. The van der Waals surface area contributed by atoms with Gasteiger partial charge in [-0.2, -0.15) is 0 Å². The van der Waals surface area contributed by atoms with Crippen LogP contribution in [0.4, 0.5) is 0 Å². The highest BCUT2D eigenvalue weighted by Crippen LogP contribution is 2.20. The van der Waals surface area contributed by atoms with Gasteiger partial charge in [0.25, 0.3) is 0 Å². The van der Waals surface area contributed by atoms with Gasteiger partial charge in [-0.05, 0) is 37.1 Å². The van der Waals surface area contributed by atoms with Gasteiger partial charge in [-0.25, -0.2) is 4.68 Å². The molecule has 18 heavy (non-hydrogen) atoms. The number of nitrogens with one attached hydrogen (secondary N) is 1. The van der Waals surface area contributed by atoms with E-state index in [1.165, 1.54) is 18.4 Å². The normalized spacial score (nSPS) is 19.9. The molecule has 2 aromatic heterocycles. The molecule has 0 radical (unpaired) electrons. The minimum Gasteiger partial charge on any atom is -0.309 e. The summed E-state index contributed by atoms with van der Waals surface area (Å²) < 4.78 is 1.89. The maximum atomic E-state index is 4.27. The lowest BCUT2D eigenvalue weighted by atomic mass is 10.0. The lowest BCUT2D eigenvalue weighted by Gasteiger charge is -2.20. The van der Waals surface area contributed by atoms with E-state index >= 15 is 0 Å². The van der Waals surface area contributed by atoms with E-state index in [0.29, 0.717) is 6.04 Å². The molecule has 0 amide bonds. The van der Waals surface area contributed by atoms with Crippen molar-refractivity contribution < 1.29 is 0 Å². The molecule has 1 fully saturated rings. The Morgan fingerprint density at radius 2 is 2.17 bits per heavy atom. The molecule has 0 aliphatic carbocycles. The molecule has 94 valence electrons. The standard InChI is InChI=1S/C13H17N5/c1-2-6-15-12(3-1)13-10-18(17-16-13)9-11-4-7-14-8-5-11/h4-5,7-8,10,12,15H,1-3,6,9H2. The Morgan fingerprint density at radius 1 is 1.28 bits per heavy atom. The second-order valence-corrected chi connectivity index (χ2v) is 4.70. The van der Waals surface area contributed by atoms with Crippen LogP contribution in [0.2, 0.25) is 0 Å². The number of pyridine rings is 1. The highest BCUT2D eigenvalue weighted by Gasteiger charge is 2.17. The average molecular weight is 243 g/mol. The molecule has 2 aromatic rings. The molecule has 5 nitrogen and oxygen atoms in total. The third-order valence-corrected chi connectivity index (χ3v) is 3.32. The molecule has 1 aliphatic heterocycles. The summed E-state index contributed by atoms with van der Waals surface area (Å²) in [6, 6.07) is 4.38. The second kappa shape index (κ2) is 5.27. The second-order valence-electron chi connectivity index (χ2n) is 4.70. The summed E-state index contributed by atoms with van der Waals surface area (Å²) in [6.45, 7) is 1.84. The first-order valence-corrected chi connectivity index (χ1v) is 6.44. The predicted molar refractivity (Wildman–Crippen MR) is 68.0 cm³/mol. The number of nitrogens with zero attached hydrogens (tertiary/aromatic N) is 4. The van der Waals surface area contributed by atoms with Gasteiger partial charge in [-0.3, -0.25) is 4.98 Å². The van der Waals surface area contributed by atoms with E-state index in [1.54, 1.807) is 12.4 Å². The van der Waals surface area contributed by atoms with E-state index in [2.05, 4.69) is 20.6 Å². The molecule has 1 atom stereocenters. The Hall–Kier alpha value is -1.75. The predicted octanol–water partition coefficient (Wildman–Crippen LogP) is 1.54. The van der Waals surface area contributed by atoms with Gasteiger partial charge in [0.05, 0.1) is 24.5 Å². The van der Waals surface area contributed by atoms with E-state index in [-0.39, 0.29) is 0 Å². The maximum Gasteiger partial charge on any atom is 0.0996 e. The molecule has 3 heterocycles. The number of aromatic nitrogens is 4. The molecule has 0 aromatic carbocycles. The van der Waals surface area contributed by atoms with Crippen molar-refractivity contribution in [2.45, 2.75) is 31.8 Å². The molecule has 5 heteroatoms. The molecule has 1 aliphatic rings. The topological polar surface area (TPSA) is 55.6 Å². The summed E-state index contributed by atoms with van der Waals surface area (Å²) in [5, 5.41) is 12.0. The van der Waals surface area contributed by atoms with Crippen LogP contribution >= 0.6 is 0 Å². The van der Waals surface area contributed by atoms with Crippen molar-refractivity contribution in [2.24, 2.45) is 0 Å². The number of hydrogen-bond acceptors (Lipinski definition) is 4. The van der Waals surface area contributed by atoms with E-state index in [0.717, 1.165) is 25.2 Å². The van der Waals surface area contributed by atoms with Crippen LogP contribution in [0.1, 0.15) is 36.6 Å². The van der Waals surface area contributed by atoms with Gasteiger partial charge < -0.3 is 5.32 Å². The van der Waals surface area contributed by atoms with Crippen LogP contribution in [0.3, 0.4) is 0 Å². The molecule has 1 N–H and O–H groups in total. The highest BCUT2D eigenvalue weighted by molar-refractivity contribution is 5.10. The zero-order valence-electron chi connectivity index (χ0n) is 10.3. The molecule has 1 unspecified atom stereocenters. The van der Waals surface area contributed by atoms with Gasteiger partial charge in [0, 0.05) is 12.4 Å². The van der Waals surface area contributed by atoms with Gasteiger partial charge in [0.2, 0.25) is 0 Å². The van der Waals surface area contributed by atoms with Crippen LogP contribution in [0, 0.1) is 0 Å². The maximum absolute atomic E-state index is 4.27. The summed E-state index contributed by atoms with van der Waals surface area (Å²) in [6.07, 6.45) is 9.35. The minimum absolute atomic E-state index is 0.380. The minimum atomic E-state index is 0.380. The Labute approximate surface area is 106 Å². The zero-order valence-corrected chi connectivity index (χ0v) is 10.3. The summed E-state index contributed by atoms with van der Waals surface area (Å²) in [7, 11) is 0. The summed E-state index contributed by atoms with van der Waals surface area (Å²) in [5.41, 5.74) is 2.25. The fourth-order valence-electron chi connectivity index (χ4n) is 2.33. The van der Waals surface area contributed by atoms with Crippen molar-refractivity contribution >= 4 is 0 Å². The first kappa shape index (κ1) is 11.3. The molecule has 3 rings (SSSR count). The Balaban J connectivity index is 1.69. The third kappa shape index (κ3) is 2.56. The first-order chi connectivity index (χ1) is 8.92. The zero-order chi connectivity index (χ0) is 12.2. The molecule has 0 bridgehead atoms. The van der Waals surface area contributed by atoms with Crippen molar-refractivity contribution in [3.8, 4) is 0 Å². The van der Waals surface area contributed by atoms with Crippen molar-refractivity contribution in [3.63, 3.8) is 0 Å². The molecule has 0 spiro atoms. The van der Waals surface area contributed by atoms with Crippen LogP contribution in [0.25, 0.3) is 0 Å². The number of hydrogen-bond donors (Lipinski definition) is 1. The average Bonchev–Trinajstić information content (AvgIpc) is 2.89. The molecular formula is C13H17N5. The van der Waals surface area contributed by atoms with Crippen molar-refractivity contribution in [2.75, 3.05) is 6.54 Å². The summed E-state index contributed by atoms with van der Waals surface area (Å²) >= 11 is 0. The Bertz CT molecular complexity index is 487. The van der Waals surface area contributed by atoms with Crippen molar-refractivity contribution in [1.29, 1.82) is 0 Å². The number of piperidine rings is 1. The fraction of sp³-hybridized carbons (Fsp3) is 0.462. The summed E-state index contributed by atoms with van der Waals surface area (Å²) in [4.78, 5) is 4.01. The van der Waals surface area contributed by atoms with Crippen molar-refractivity contribution in [1.82, 2.24) is 25.3 Å². The van der Waals surface area contributed by atoms with Gasteiger partial charge in [0.15, 0.2) is 0 Å². The first-order valence-electron chi connectivity index (χ1n) is 6.44. The van der Waals surface area contributed by atoms with Gasteiger partial charge in [-0.15, -0.1) is 5.10 Å². The smallest absolute Gasteiger partial charge is 0.0996 e. The van der Waals surface area contributed by atoms with Gasteiger partial charge >= 0.3 is 0 Å². The molecule has 0 saturated carbocycles. The van der Waals surface area contributed by atoms with E-state index in [4.69, 9.17) is 0 Å². The van der Waals surface area contributed by atoms with E-state index in [9.17, 15) is 0 Å². The monoisotopic (exact) mass is 243 g/mol. The Kier molecular flexibility index (Phi) is 3.32. The fourth-order valence-corrected chi connectivity index (χ4v) is 2.33. The van der Waals surface area contributed by atoms with Crippen LogP contribution in [0.15, 0.2) is 30.7 Å².